The zero-order valence-corrected chi connectivity index (χ0v) is 12.1. The maximum atomic E-state index is 12.2. The molecule has 0 aliphatic carbocycles. The summed E-state index contributed by atoms with van der Waals surface area (Å²) in [6.45, 7) is 1.53. The number of hydrogen-bond donors (Lipinski definition) is 2. The lowest BCUT2D eigenvalue weighted by Crippen LogP contribution is -2.27. The number of sulfonamides is 1. The second kappa shape index (κ2) is 5.50. The molecule has 0 amide bonds. The van der Waals surface area contributed by atoms with Gasteiger partial charge in [-0.1, -0.05) is 0 Å². The Labute approximate surface area is 114 Å². The summed E-state index contributed by atoms with van der Waals surface area (Å²) in [6.07, 6.45) is 0. The largest absolute Gasteiger partial charge is 0.391 e. The van der Waals surface area contributed by atoms with Crippen molar-refractivity contribution in [3.8, 4) is 0 Å². The number of hydrogen-bond acceptors (Lipinski definition) is 5. The van der Waals surface area contributed by atoms with E-state index in [9.17, 15) is 8.42 Å². The predicted octanol–water partition coefficient (Wildman–Crippen LogP) is 2.34. The minimum Gasteiger partial charge on any atom is -0.391 e. The summed E-state index contributed by atoms with van der Waals surface area (Å²) in [4.78, 5) is 0.622. The highest BCUT2D eigenvalue weighted by Crippen LogP contribution is 2.24. The first kappa shape index (κ1) is 13.7. The molecular formula is C11H13NO3S3. The summed E-state index contributed by atoms with van der Waals surface area (Å²) in [6, 6.07) is 3.12. The van der Waals surface area contributed by atoms with Gasteiger partial charge in [-0.15, -0.1) is 11.3 Å². The van der Waals surface area contributed by atoms with E-state index in [2.05, 4.69) is 4.72 Å². The summed E-state index contributed by atoms with van der Waals surface area (Å²) in [5.74, 6) is 0. The van der Waals surface area contributed by atoms with Crippen molar-refractivity contribution in [2.45, 2.75) is 24.5 Å². The molecule has 0 radical (unpaired) electrons. The zero-order valence-electron chi connectivity index (χ0n) is 9.66. The minimum absolute atomic E-state index is 0.164. The number of aliphatic hydroxyl groups excluding tert-OH is 1. The fourth-order valence-corrected chi connectivity index (χ4v) is 4.85. The van der Waals surface area contributed by atoms with Gasteiger partial charge in [0, 0.05) is 10.9 Å². The molecule has 0 saturated heterocycles. The highest BCUT2D eigenvalue weighted by Gasteiger charge is 2.22. The number of aliphatic hydroxyl groups is 1. The third-order valence-corrected chi connectivity index (χ3v) is 5.87. The van der Waals surface area contributed by atoms with Crippen LogP contribution in [0.15, 0.2) is 33.2 Å². The number of thiophene rings is 2. The Hall–Kier alpha value is -0.730. The van der Waals surface area contributed by atoms with E-state index in [-0.39, 0.29) is 17.5 Å². The molecule has 0 saturated carbocycles. The average molecular weight is 303 g/mol. The molecule has 0 aliphatic rings. The molecule has 0 fully saturated rings. The Morgan fingerprint density at radius 1 is 1.39 bits per heavy atom. The Balaban J connectivity index is 2.23. The Bertz CT molecular complexity index is 601. The van der Waals surface area contributed by atoms with Crippen molar-refractivity contribution in [2.75, 3.05) is 0 Å². The van der Waals surface area contributed by atoms with E-state index in [0.717, 1.165) is 5.56 Å². The first-order valence-electron chi connectivity index (χ1n) is 5.26. The highest BCUT2D eigenvalue weighted by atomic mass is 32.2. The lowest BCUT2D eigenvalue weighted by molar-refractivity contribution is 0.282. The van der Waals surface area contributed by atoms with Crippen LogP contribution in [0, 0.1) is 0 Å². The molecule has 0 bridgehead atoms. The van der Waals surface area contributed by atoms with Crippen LogP contribution in [-0.2, 0) is 16.6 Å². The van der Waals surface area contributed by atoms with E-state index < -0.39 is 10.0 Å². The maximum absolute atomic E-state index is 12.2. The lowest BCUT2D eigenvalue weighted by Gasteiger charge is -2.13. The monoisotopic (exact) mass is 303 g/mol. The van der Waals surface area contributed by atoms with Crippen LogP contribution in [0.1, 0.15) is 23.4 Å². The molecule has 7 heteroatoms. The van der Waals surface area contributed by atoms with Crippen LogP contribution in [0.5, 0.6) is 0 Å². The molecule has 2 rings (SSSR count). The lowest BCUT2D eigenvalue weighted by atomic mass is 10.2. The third kappa shape index (κ3) is 2.81. The minimum atomic E-state index is -3.58. The van der Waals surface area contributed by atoms with Gasteiger partial charge < -0.3 is 5.11 Å². The first-order valence-corrected chi connectivity index (χ1v) is 8.57. The Kier molecular flexibility index (Phi) is 4.18. The molecule has 0 aliphatic heterocycles. The summed E-state index contributed by atoms with van der Waals surface area (Å²) in [7, 11) is -3.58. The molecule has 18 heavy (non-hydrogen) atoms. The van der Waals surface area contributed by atoms with Crippen LogP contribution < -0.4 is 4.72 Å². The van der Waals surface area contributed by atoms with Crippen molar-refractivity contribution in [2.24, 2.45) is 0 Å². The number of rotatable bonds is 5. The fraction of sp³-hybridized carbons (Fsp3) is 0.273. The second-order valence-corrected chi connectivity index (χ2v) is 7.23. The fourth-order valence-electron chi connectivity index (χ4n) is 1.57. The molecule has 1 atom stereocenters. The first-order chi connectivity index (χ1) is 8.54. The molecule has 1 unspecified atom stereocenters. The quantitative estimate of drug-likeness (QED) is 0.891. The van der Waals surface area contributed by atoms with Crippen molar-refractivity contribution in [3.63, 3.8) is 0 Å². The normalized spacial score (nSPS) is 13.7. The van der Waals surface area contributed by atoms with Gasteiger partial charge in [-0.25, -0.2) is 13.1 Å². The van der Waals surface area contributed by atoms with Gasteiger partial charge >= 0.3 is 0 Å². The molecular weight excluding hydrogens is 290 g/mol. The van der Waals surface area contributed by atoms with Gasteiger partial charge in [0.2, 0.25) is 10.0 Å². The molecule has 2 N–H and O–H groups in total. The molecule has 2 aromatic rings. The predicted molar refractivity (Wildman–Crippen MR) is 73.3 cm³/mol. The van der Waals surface area contributed by atoms with Gasteiger partial charge in [-0.2, -0.15) is 11.3 Å². The average Bonchev–Trinajstić information content (AvgIpc) is 2.99. The molecule has 2 heterocycles. The smallest absolute Gasteiger partial charge is 0.242 e. The second-order valence-electron chi connectivity index (χ2n) is 3.77. The standard InChI is InChI=1S/C11H13NO3S3/c1-8(9-2-4-16-7-9)12-18(14,15)11-3-5-17-10(11)6-13/h2-5,7-8,12-13H,6H2,1H3. The van der Waals surface area contributed by atoms with E-state index in [4.69, 9.17) is 5.11 Å². The van der Waals surface area contributed by atoms with Crippen molar-refractivity contribution >= 4 is 32.7 Å². The van der Waals surface area contributed by atoms with E-state index in [1.807, 2.05) is 16.8 Å². The summed E-state index contributed by atoms with van der Waals surface area (Å²) in [5.41, 5.74) is 0.935. The van der Waals surface area contributed by atoms with E-state index in [1.54, 1.807) is 12.3 Å². The van der Waals surface area contributed by atoms with Crippen LogP contribution in [0.25, 0.3) is 0 Å². The topological polar surface area (TPSA) is 66.4 Å². The van der Waals surface area contributed by atoms with Gasteiger partial charge in [0.1, 0.15) is 0 Å². The van der Waals surface area contributed by atoms with Gasteiger partial charge in [0.25, 0.3) is 0 Å². The highest BCUT2D eigenvalue weighted by molar-refractivity contribution is 7.89. The van der Waals surface area contributed by atoms with Gasteiger partial charge in [-0.3, -0.25) is 0 Å². The van der Waals surface area contributed by atoms with E-state index in [0.29, 0.717) is 4.88 Å². The third-order valence-electron chi connectivity index (χ3n) is 2.51. The van der Waals surface area contributed by atoms with Crippen molar-refractivity contribution in [1.82, 2.24) is 4.72 Å². The van der Waals surface area contributed by atoms with Crippen LogP contribution >= 0.6 is 22.7 Å². The summed E-state index contributed by atoms with van der Waals surface area (Å²) in [5, 5.41) is 14.6. The zero-order chi connectivity index (χ0) is 13.2. The van der Waals surface area contributed by atoms with E-state index >= 15 is 0 Å². The van der Waals surface area contributed by atoms with Gasteiger partial charge in [0.15, 0.2) is 0 Å². The van der Waals surface area contributed by atoms with Crippen molar-refractivity contribution < 1.29 is 13.5 Å². The maximum Gasteiger partial charge on any atom is 0.242 e. The van der Waals surface area contributed by atoms with Crippen LogP contribution in [-0.4, -0.2) is 13.5 Å². The molecule has 4 nitrogen and oxygen atoms in total. The Morgan fingerprint density at radius 3 is 2.78 bits per heavy atom. The molecule has 0 aromatic carbocycles. The SMILES string of the molecule is CC(NS(=O)(=O)c1ccsc1CO)c1ccsc1. The van der Waals surface area contributed by atoms with Gasteiger partial charge in [-0.05, 0) is 40.8 Å². The Morgan fingerprint density at radius 2 is 2.17 bits per heavy atom. The summed E-state index contributed by atoms with van der Waals surface area (Å²) < 4.78 is 26.9. The summed E-state index contributed by atoms with van der Waals surface area (Å²) >= 11 is 2.76. The van der Waals surface area contributed by atoms with Crippen LogP contribution in [0.2, 0.25) is 0 Å². The van der Waals surface area contributed by atoms with Crippen LogP contribution in [0.3, 0.4) is 0 Å². The molecule has 98 valence electrons. The van der Waals surface area contributed by atoms with Crippen molar-refractivity contribution in [3.05, 3.63) is 38.7 Å². The van der Waals surface area contributed by atoms with Crippen molar-refractivity contribution in [1.29, 1.82) is 0 Å². The number of nitrogens with one attached hydrogen (secondary N) is 1. The molecule has 0 spiro atoms. The van der Waals surface area contributed by atoms with Gasteiger partial charge in [0.05, 0.1) is 11.5 Å². The van der Waals surface area contributed by atoms with E-state index in [1.165, 1.54) is 28.7 Å². The van der Waals surface area contributed by atoms with Crippen LogP contribution in [0.4, 0.5) is 0 Å². The molecule has 2 aromatic heterocycles.